The Hall–Kier alpha value is -1.24. The van der Waals surface area contributed by atoms with Crippen molar-refractivity contribution in [1.29, 1.82) is 0 Å². The number of aliphatic hydroxyl groups excluding tert-OH is 1. The number of hydrogen-bond acceptors (Lipinski definition) is 5. The molecule has 0 bridgehead atoms. The van der Waals surface area contributed by atoms with Gasteiger partial charge in [-0.15, -0.1) is 10.2 Å². The third-order valence-corrected chi connectivity index (χ3v) is 5.79. The van der Waals surface area contributed by atoms with Gasteiger partial charge in [-0.3, -0.25) is 4.90 Å². The molecule has 0 amide bonds. The van der Waals surface area contributed by atoms with E-state index in [-0.39, 0.29) is 6.10 Å². The summed E-state index contributed by atoms with van der Waals surface area (Å²) in [4.78, 5) is 4.96. The Bertz CT molecular complexity index is 599. The molecule has 1 atom stereocenters. The number of hydrogen-bond donors (Lipinski definition) is 1. The van der Waals surface area contributed by atoms with Crippen molar-refractivity contribution < 1.29 is 5.11 Å². The molecule has 1 N–H and O–H groups in total. The Labute approximate surface area is 157 Å². The maximum atomic E-state index is 9.67. The van der Waals surface area contributed by atoms with Crippen LogP contribution < -0.4 is 0 Å². The first-order valence-electron chi connectivity index (χ1n) is 10.2. The summed E-state index contributed by atoms with van der Waals surface area (Å²) in [7, 11) is 2.12. The van der Waals surface area contributed by atoms with Crippen LogP contribution in [0, 0.1) is 0 Å². The third kappa shape index (κ3) is 5.15. The van der Waals surface area contributed by atoms with Crippen LogP contribution in [0.3, 0.4) is 0 Å². The van der Waals surface area contributed by atoms with Gasteiger partial charge in [-0.05, 0) is 52.5 Å². The van der Waals surface area contributed by atoms with E-state index in [2.05, 4.69) is 51.5 Å². The van der Waals surface area contributed by atoms with Gasteiger partial charge in [0.15, 0.2) is 0 Å². The molecule has 1 aromatic heterocycles. The zero-order valence-electron chi connectivity index (χ0n) is 16.7. The second-order valence-corrected chi connectivity index (χ2v) is 8.25. The van der Waals surface area contributed by atoms with E-state index in [1.807, 2.05) is 0 Å². The van der Waals surface area contributed by atoms with Crippen molar-refractivity contribution in [2.75, 3.05) is 32.7 Å². The van der Waals surface area contributed by atoms with Crippen LogP contribution in [0.5, 0.6) is 0 Å². The average Bonchev–Trinajstić information content (AvgIpc) is 2.97. The van der Waals surface area contributed by atoms with Crippen LogP contribution in [-0.2, 0) is 13.6 Å². The molecule has 6 nitrogen and oxygen atoms in total. The Kier molecular flexibility index (Phi) is 6.84. The molecule has 26 heavy (non-hydrogen) atoms. The van der Waals surface area contributed by atoms with E-state index in [1.165, 1.54) is 25.0 Å². The predicted molar refractivity (Wildman–Crippen MR) is 104 cm³/mol. The smallest absolute Gasteiger partial charge is 0.146 e. The number of rotatable bonds is 6. The van der Waals surface area contributed by atoms with Crippen LogP contribution in [0.25, 0.3) is 0 Å². The molecule has 1 aromatic rings. The van der Waals surface area contributed by atoms with Crippen LogP contribution >= 0.6 is 0 Å². The number of piperidine rings is 2. The van der Waals surface area contributed by atoms with Gasteiger partial charge in [0, 0.05) is 39.1 Å². The minimum Gasteiger partial charge on any atom is -0.393 e. The van der Waals surface area contributed by atoms with Gasteiger partial charge in [-0.1, -0.05) is 11.6 Å². The Balaban J connectivity index is 1.57. The van der Waals surface area contributed by atoms with Crippen LogP contribution in [0.15, 0.2) is 11.6 Å². The van der Waals surface area contributed by atoms with Gasteiger partial charge in [0.2, 0.25) is 0 Å². The quantitative estimate of drug-likeness (QED) is 0.788. The SMILES string of the molecule is CC(C)=CCCN1CCC[C@H](c2nnc(CN3CCC(O)CC3)n2C)C1. The highest BCUT2D eigenvalue weighted by Gasteiger charge is 2.26. The van der Waals surface area contributed by atoms with Crippen LogP contribution in [0.2, 0.25) is 0 Å². The molecular weight excluding hydrogens is 326 g/mol. The number of likely N-dealkylation sites (tertiary alicyclic amines) is 2. The van der Waals surface area contributed by atoms with Gasteiger partial charge in [0.05, 0.1) is 12.6 Å². The molecule has 2 saturated heterocycles. The Morgan fingerprint density at radius 2 is 1.88 bits per heavy atom. The van der Waals surface area contributed by atoms with Crippen LogP contribution in [0.1, 0.15) is 63.5 Å². The van der Waals surface area contributed by atoms with E-state index in [0.717, 1.165) is 63.6 Å². The summed E-state index contributed by atoms with van der Waals surface area (Å²) in [5.41, 5.74) is 1.40. The summed E-state index contributed by atoms with van der Waals surface area (Å²) >= 11 is 0. The molecule has 2 aliphatic rings. The minimum absolute atomic E-state index is 0.124. The molecule has 3 rings (SSSR count). The van der Waals surface area contributed by atoms with Gasteiger partial charge in [0.1, 0.15) is 11.6 Å². The van der Waals surface area contributed by atoms with Crippen molar-refractivity contribution in [3.63, 3.8) is 0 Å². The Morgan fingerprint density at radius 1 is 1.12 bits per heavy atom. The number of nitrogens with zero attached hydrogens (tertiary/aromatic N) is 5. The van der Waals surface area contributed by atoms with E-state index < -0.39 is 0 Å². The first kappa shape index (κ1) is 19.5. The highest BCUT2D eigenvalue weighted by Crippen LogP contribution is 2.26. The maximum absolute atomic E-state index is 9.67. The molecule has 0 aliphatic carbocycles. The molecule has 2 fully saturated rings. The van der Waals surface area contributed by atoms with Gasteiger partial charge in [-0.2, -0.15) is 0 Å². The second kappa shape index (κ2) is 9.11. The highest BCUT2D eigenvalue weighted by atomic mass is 16.3. The summed E-state index contributed by atoms with van der Waals surface area (Å²) in [5, 5.41) is 18.7. The van der Waals surface area contributed by atoms with E-state index in [0.29, 0.717) is 5.92 Å². The lowest BCUT2D eigenvalue weighted by molar-refractivity contribution is 0.0775. The first-order chi connectivity index (χ1) is 12.5. The summed E-state index contributed by atoms with van der Waals surface area (Å²) < 4.78 is 2.22. The fourth-order valence-electron chi connectivity index (χ4n) is 4.15. The largest absolute Gasteiger partial charge is 0.393 e. The number of aliphatic hydroxyl groups is 1. The van der Waals surface area contributed by atoms with E-state index >= 15 is 0 Å². The lowest BCUT2D eigenvalue weighted by Gasteiger charge is -2.32. The van der Waals surface area contributed by atoms with Crippen molar-refractivity contribution in [2.24, 2.45) is 7.05 Å². The van der Waals surface area contributed by atoms with Crippen LogP contribution in [-0.4, -0.2) is 68.5 Å². The summed E-state index contributed by atoms with van der Waals surface area (Å²) in [6, 6.07) is 0. The molecule has 0 aromatic carbocycles. The molecule has 146 valence electrons. The summed E-state index contributed by atoms with van der Waals surface area (Å²) in [6.45, 7) is 10.5. The molecule has 0 unspecified atom stereocenters. The average molecular weight is 362 g/mol. The van der Waals surface area contributed by atoms with E-state index in [9.17, 15) is 5.11 Å². The molecule has 0 radical (unpaired) electrons. The molecule has 3 heterocycles. The third-order valence-electron chi connectivity index (χ3n) is 5.79. The van der Waals surface area contributed by atoms with Crippen LogP contribution in [0.4, 0.5) is 0 Å². The van der Waals surface area contributed by atoms with Gasteiger partial charge in [-0.25, -0.2) is 0 Å². The second-order valence-electron chi connectivity index (χ2n) is 8.25. The molecule has 6 heteroatoms. The fourth-order valence-corrected chi connectivity index (χ4v) is 4.15. The van der Waals surface area contributed by atoms with Crippen molar-refractivity contribution in [3.8, 4) is 0 Å². The number of allylic oxidation sites excluding steroid dienone is 1. The first-order valence-corrected chi connectivity index (χ1v) is 10.2. The van der Waals surface area contributed by atoms with Gasteiger partial charge < -0.3 is 14.6 Å². The van der Waals surface area contributed by atoms with Crippen molar-refractivity contribution in [1.82, 2.24) is 24.6 Å². The maximum Gasteiger partial charge on any atom is 0.146 e. The topological polar surface area (TPSA) is 57.4 Å². The van der Waals surface area contributed by atoms with E-state index in [4.69, 9.17) is 0 Å². The highest BCUT2D eigenvalue weighted by molar-refractivity contribution is 5.04. The van der Waals surface area contributed by atoms with Crippen molar-refractivity contribution >= 4 is 0 Å². The molecule has 0 spiro atoms. The van der Waals surface area contributed by atoms with Crippen molar-refractivity contribution in [3.05, 3.63) is 23.3 Å². The standard InChI is InChI=1S/C20H35N5O/c1-16(2)6-4-10-24-11-5-7-17(14-24)20-22-21-19(23(20)3)15-25-12-8-18(26)9-13-25/h6,17-18,26H,4-5,7-15H2,1-3H3/t17-/m0/s1. The lowest BCUT2D eigenvalue weighted by atomic mass is 9.97. The monoisotopic (exact) mass is 361 g/mol. The molecule has 2 aliphatic heterocycles. The minimum atomic E-state index is -0.124. The van der Waals surface area contributed by atoms with Gasteiger partial charge in [0.25, 0.3) is 0 Å². The Morgan fingerprint density at radius 3 is 2.62 bits per heavy atom. The summed E-state index contributed by atoms with van der Waals surface area (Å²) in [5.74, 6) is 2.69. The molecular formula is C20H35N5O. The van der Waals surface area contributed by atoms with Gasteiger partial charge >= 0.3 is 0 Å². The fraction of sp³-hybridized carbons (Fsp3) is 0.800. The summed E-state index contributed by atoms with van der Waals surface area (Å²) in [6.07, 6.45) is 7.54. The molecule has 0 saturated carbocycles. The zero-order valence-corrected chi connectivity index (χ0v) is 16.7. The zero-order chi connectivity index (χ0) is 18.5. The number of aromatic nitrogens is 3. The van der Waals surface area contributed by atoms with E-state index in [1.54, 1.807) is 0 Å². The van der Waals surface area contributed by atoms with Crippen molar-refractivity contribution in [2.45, 2.75) is 64.5 Å². The predicted octanol–water partition coefficient (Wildman–Crippen LogP) is 2.31. The normalized spacial score (nSPS) is 23.3. The lowest BCUT2D eigenvalue weighted by Crippen LogP contribution is -2.36.